The van der Waals surface area contributed by atoms with Crippen LogP contribution >= 0.6 is 0 Å². The molecule has 1 radical (unpaired) electrons. The maximum Gasteiger partial charge on any atom is 0.410 e. The van der Waals surface area contributed by atoms with Gasteiger partial charge in [0, 0.05) is 6.54 Å². The molecule has 1 atom stereocenters. The second kappa shape index (κ2) is 7.69. The summed E-state index contributed by atoms with van der Waals surface area (Å²) in [7, 11) is 1.86. The third-order valence-corrected chi connectivity index (χ3v) is 4.04. The zero-order chi connectivity index (χ0) is 18.6. The summed E-state index contributed by atoms with van der Waals surface area (Å²) < 4.78 is 5.51. The van der Waals surface area contributed by atoms with Crippen LogP contribution in [0.3, 0.4) is 0 Å². The molecular formula is C20H23BN3O2. The summed E-state index contributed by atoms with van der Waals surface area (Å²) in [4.78, 5) is 21.8. The number of rotatable bonds is 2. The molecule has 1 aliphatic heterocycles. The number of likely N-dealkylation sites (tertiary alicyclic amines) is 1. The maximum absolute atomic E-state index is 12.4. The lowest BCUT2D eigenvalue weighted by Gasteiger charge is -2.27. The van der Waals surface area contributed by atoms with Gasteiger partial charge in [-0.15, -0.1) is 5.82 Å². The van der Waals surface area contributed by atoms with Crippen molar-refractivity contribution in [2.45, 2.75) is 45.3 Å². The minimum atomic E-state index is -0.503. The van der Waals surface area contributed by atoms with E-state index in [-0.39, 0.29) is 12.1 Å². The van der Waals surface area contributed by atoms with Crippen LogP contribution in [0.5, 0.6) is 0 Å². The number of benzene rings is 1. The van der Waals surface area contributed by atoms with Crippen molar-refractivity contribution in [2.75, 3.05) is 6.54 Å². The zero-order valence-electron chi connectivity index (χ0n) is 15.5. The Bertz CT molecular complexity index is 815. The molecule has 1 aromatic carbocycles. The summed E-state index contributed by atoms with van der Waals surface area (Å²) in [5.41, 5.74) is 1.30. The number of nitrogens with zero attached hydrogens (tertiary/aromatic N) is 2. The van der Waals surface area contributed by atoms with Crippen LogP contribution in [-0.4, -0.2) is 40.4 Å². The monoisotopic (exact) mass is 348 g/mol. The Morgan fingerprint density at radius 1 is 1.35 bits per heavy atom. The van der Waals surface area contributed by atoms with Gasteiger partial charge in [0.25, 0.3) is 7.28 Å². The van der Waals surface area contributed by atoms with Crippen LogP contribution in [0.25, 0.3) is 0 Å². The summed E-state index contributed by atoms with van der Waals surface area (Å²) >= 11 is 0. The number of H-pyrrole nitrogens is 1. The van der Waals surface area contributed by atoms with Crippen molar-refractivity contribution in [3.63, 3.8) is 0 Å². The van der Waals surface area contributed by atoms with Crippen molar-refractivity contribution in [3.8, 4) is 11.7 Å². The molecule has 1 saturated heterocycles. The Hall–Kier alpha value is -2.68. The highest BCUT2D eigenvalue weighted by Crippen LogP contribution is 2.31. The predicted molar refractivity (Wildman–Crippen MR) is 102 cm³/mol. The molecule has 26 heavy (non-hydrogen) atoms. The minimum absolute atomic E-state index is 0.0847. The van der Waals surface area contributed by atoms with Gasteiger partial charge in [0.05, 0.1) is 12.2 Å². The summed E-state index contributed by atoms with van der Waals surface area (Å²) in [5, 5.41) is 0. The number of ether oxygens (including phenoxy) is 1. The Kier molecular flexibility index (Phi) is 5.36. The smallest absolute Gasteiger partial charge is 0.410 e. The molecule has 1 unspecified atom stereocenters. The van der Waals surface area contributed by atoms with Crippen molar-refractivity contribution >= 4 is 18.8 Å². The Labute approximate surface area is 155 Å². The molecule has 1 N–H and O–H groups in total. The molecule has 0 saturated carbocycles. The van der Waals surface area contributed by atoms with Gasteiger partial charge in [-0.25, -0.2) is 9.78 Å². The summed E-state index contributed by atoms with van der Waals surface area (Å²) in [5.74, 6) is 6.86. The minimum Gasteiger partial charge on any atom is -0.444 e. The molecule has 1 aliphatic rings. The molecule has 1 aromatic heterocycles. The van der Waals surface area contributed by atoms with E-state index >= 15 is 0 Å². The van der Waals surface area contributed by atoms with Crippen molar-refractivity contribution < 1.29 is 9.53 Å². The molecule has 3 rings (SSSR count). The Morgan fingerprint density at radius 3 is 2.85 bits per heavy atom. The zero-order valence-corrected chi connectivity index (χ0v) is 15.5. The number of carbonyl (C=O) groups is 1. The Balaban J connectivity index is 1.66. The van der Waals surface area contributed by atoms with E-state index in [1.807, 2.05) is 58.4 Å². The summed E-state index contributed by atoms with van der Waals surface area (Å²) in [6.45, 7) is 6.31. The fraction of sp³-hybridized carbons (Fsp3) is 0.400. The molecule has 5 nitrogen and oxygen atoms in total. The standard InChI is InChI=1S/C20H23BN3O2/c1-20(2,3)26-19(25)24-13-7-10-17(24)18-22-14-16(23-18)11-12-21-15-8-5-4-6-9-15/h4-6,8-9,14,17H,7,10,13H2,1-3H3,(H,22,23). The Morgan fingerprint density at radius 2 is 2.12 bits per heavy atom. The highest BCUT2D eigenvalue weighted by molar-refractivity contribution is 6.61. The summed E-state index contributed by atoms with van der Waals surface area (Å²) in [6, 6.07) is 9.86. The van der Waals surface area contributed by atoms with Crippen LogP contribution in [0.4, 0.5) is 4.79 Å². The number of imidazole rings is 1. The van der Waals surface area contributed by atoms with Gasteiger partial charge in [0.1, 0.15) is 17.1 Å². The van der Waals surface area contributed by atoms with Gasteiger partial charge in [-0.3, -0.25) is 4.90 Å². The maximum atomic E-state index is 12.4. The van der Waals surface area contributed by atoms with Crippen molar-refractivity contribution in [1.29, 1.82) is 0 Å². The first kappa shape index (κ1) is 18.1. The van der Waals surface area contributed by atoms with Gasteiger partial charge in [0.2, 0.25) is 0 Å². The quantitative estimate of drug-likeness (QED) is 0.671. The third-order valence-electron chi connectivity index (χ3n) is 4.04. The topological polar surface area (TPSA) is 58.2 Å². The number of aromatic amines is 1. The number of carbonyl (C=O) groups excluding carboxylic acids is 1. The van der Waals surface area contributed by atoms with Crippen LogP contribution < -0.4 is 5.46 Å². The molecule has 6 heteroatoms. The van der Waals surface area contributed by atoms with Crippen molar-refractivity contribution in [2.24, 2.45) is 0 Å². The number of nitrogens with one attached hydrogen (secondary N) is 1. The van der Waals surface area contributed by atoms with Gasteiger partial charge in [-0.05, 0) is 33.6 Å². The van der Waals surface area contributed by atoms with Crippen molar-refractivity contribution in [3.05, 3.63) is 48.0 Å². The molecule has 0 aliphatic carbocycles. The molecule has 133 valence electrons. The van der Waals surface area contributed by atoms with Crippen LogP contribution in [0.1, 0.15) is 51.2 Å². The number of aromatic nitrogens is 2. The van der Waals surface area contributed by atoms with Gasteiger partial charge < -0.3 is 9.72 Å². The fourth-order valence-corrected chi connectivity index (χ4v) is 2.91. The molecule has 1 fully saturated rings. The van der Waals surface area contributed by atoms with Crippen LogP contribution in [0.2, 0.25) is 0 Å². The molecule has 0 bridgehead atoms. The van der Waals surface area contributed by atoms with E-state index in [4.69, 9.17) is 4.74 Å². The molecule has 1 amide bonds. The van der Waals surface area contributed by atoms with E-state index in [1.54, 1.807) is 11.1 Å². The molecular weight excluding hydrogens is 325 g/mol. The van der Waals surface area contributed by atoms with Gasteiger partial charge in [-0.1, -0.05) is 41.7 Å². The lowest BCUT2D eigenvalue weighted by atomic mass is 9.71. The molecule has 0 spiro atoms. The van der Waals surface area contributed by atoms with Gasteiger partial charge in [0.15, 0.2) is 0 Å². The van der Waals surface area contributed by atoms with Crippen LogP contribution in [-0.2, 0) is 4.74 Å². The lowest BCUT2D eigenvalue weighted by molar-refractivity contribution is 0.0218. The van der Waals surface area contributed by atoms with Crippen LogP contribution in [0.15, 0.2) is 36.5 Å². The molecule has 2 heterocycles. The van der Waals surface area contributed by atoms with E-state index < -0.39 is 5.60 Å². The fourth-order valence-electron chi connectivity index (χ4n) is 2.91. The van der Waals surface area contributed by atoms with Crippen molar-refractivity contribution in [1.82, 2.24) is 14.9 Å². The first-order valence-electron chi connectivity index (χ1n) is 8.87. The van der Waals surface area contributed by atoms with E-state index in [1.165, 1.54) is 0 Å². The van der Waals surface area contributed by atoms with Crippen LogP contribution in [0, 0.1) is 11.7 Å². The van der Waals surface area contributed by atoms with E-state index in [9.17, 15) is 4.79 Å². The van der Waals surface area contributed by atoms with Gasteiger partial charge >= 0.3 is 6.09 Å². The lowest BCUT2D eigenvalue weighted by Crippen LogP contribution is -2.36. The second-order valence-corrected chi connectivity index (χ2v) is 7.34. The van der Waals surface area contributed by atoms with E-state index in [2.05, 4.69) is 21.7 Å². The van der Waals surface area contributed by atoms with Gasteiger partial charge in [-0.2, -0.15) is 0 Å². The SMILES string of the molecule is CC(C)(C)OC(=O)N1CCCC1c1ncc(C#C[B]c2ccccc2)[nH]1. The normalized spacial score (nSPS) is 16.7. The highest BCUT2D eigenvalue weighted by Gasteiger charge is 2.34. The average Bonchev–Trinajstić information content (AvgIpc) is 3.23. The number of hydrogen-bond donors (Lipinski definition) is 1. The first-order valence-corrected chi connectivity index (χ1v) is 8.87. The number of amides is 1. The number of hydrogen-bond acceptors (Lipinski definition) is 3. The van der Waals surface area contributed by atoms with E-state index in [0.29, 0.717) is 6.54 Å². The molecule has 2 aromatic rings. The first-order chi connectivity index (χ1) is 12.4. The second-order valence-electron chi connectivity index (χ2n) is 7.34. The highest BCUT2D eigenvalue weighted by atomic mass is 16.6. The predicted octanol–water partition coefficient (Wildman–Crippen LogP) is 2.82. The average molecular weight is 348 g/mol. The third kappa shape index (κ3) is 4.69. The summed E-state index contributed by atoms with van der Waals surface area (Å²) in [6.07, 6.45) is 3.23. The van der Waals surface area contributed by atoms with E-state index in [0.717, 1.165) is 29.8 Å². The largest absolute Gasteiger partial charge is 0.444 e.